The molecule has 0 radical (unpaired) electrons. The van der Waals surface area contributed by atoms with Gasteiger partial charge in [-0.05, 0) is 20.8 Å². The molecule has 1 fully saturated rings. The van der Waals surface area contributed by atoms with Crippen LogP contribution in [0.4, 0.5) is 18.4 Å². The zero-order valence-electron chi connectivity index (χ0n) is 16.3. The van der Waals surface area contributed by atoms with E-state index in [2.05, 4.69) is 15.1 Å². The van der Waals surface area contributed by atoms with Gasteiger partial charge in [0.15, 0.2) is 12.2 Å². The van der Waals surface area contributed by atoms with Gasteiger partial charge in [-0.25, -0.2) is 19.4 Å². The Morgan fingerprint density at radius 3 is 2.67 bits per heavy atom. The lowest BCUT2D eigenvalue weighted by atomic mass is 9.98. The Kier molecular flexibility index (Phi) is 5.41. The van der Waals surface area contributed by atoms with Crippen LogP contribution in [-0.4, -0.2) is 75.0 Å². The molecule has 1 aromatic heterocycles. The molecule has 0 aromatic carbocycles. The minimum Gasteiger partial charge on any atom is -0.475 e. The molecule has 2 aliphatic rings. The summed E-state index contributed by atoms with van der Waals surface area (Å²) in [5, 5.41) is 11.5. The fourth-order valence-electron chi connectivity index (χ4n) is 3.05. The summed E-state index contributed by atoms with van der Waals surface area (Å²) in [6.45, 7) is 4.86. The average molecular weight is 430 g/mol. The number of ether oxygens (including phenoxy) is 1. The molecule has 2 aliphatic heterocycles. The number of carboxylic acids is 1. The van der Waals surface area contributed by atoms with Crippen molar-refractivity contribution in [3.05, 3.63) is 24.4 Å². The van der Waals surface area contributed by atoms with Crippen LogP contribution in [0.2, 0.25) is 0 Å². The van der Waals surface area contributed by atoms with E-state index in [1.165, 1.54) is 17.2 Å². The first-order valence-corrected chi connectivity index (χ1v) is 8.86. The minimum absolute atomic E-state index is 0.0891. The van der Waals surface area contributed by atoms with Crippen molar-refractivity contribution in [3.8, 4) is 0 Å². The second kappa shape index (κ2) is 7.55. The van der Waals surface area contributed by atoms with Crippen molar-refractivity contribution in [2.24, 2.45) is 0 Å². The average Bonchev–Trinajstić information content (AvgIpc) is 3.23. The third-order valence-corrected chi connectivity index (χ3v) is 4.25. The number of oxazole rings is 1. The summed E-state index contributed by atoms with van der Waals surface area (Å²) in [7, 11) is 0. The molecule has 164 valence electrons. The van der Waals surface area contributed by atoms with Gasteiger partial charge in [0, 0.05) is 12.1 Å². The number of hydroxylamine groups is 2. The quantitative estimate of drug-likeness (QED) is 0.696. The number of aliphatic carboxylic acids is 1. The number of amides is 3. The lowest BCUT2D eigenvalue weighted by molar-refractivity contribution is -0.323. The van der Waals surface area contributed by atoms with Crippen molar-refractivity contribution in [3.63, 3.8) is 0 Å². The van der Waals surface area contributed by atoms with Gasteiger partial charge in [0.1, 0.15) is 11.6 Å². The fraction of sp³-hybridized carbons (Fsp3) is 0.529. The molecule has 30 heavy (non-hydrogen) atoms. The third kappa shape index (κ3) is 4.35. The van der Waals surface area contributed by atoms with Crippen LogP contribution in [0.25, 0.3) is 5.57 Å². The summed E-state index contributed by atoms with van der Waals surface area (Å²) in [4.78, 5) is 44.5. The maximum absolute atomic E-state index is 13.6. The number of carbonyl (C=O) groups is 3. The number of alkyl carbamates (subject to hydrolysis) is 1. The summed E-state index contributed by atoms with van der Waals surface area (Å²) in [5.41, 5.74) is -0.453. The summed E-state index contributed by atoms with van der Waals surface area (Å²) in [6.07, 6.45) is -1.38. The Hall–Kier alpha value is -3.22. The highest BCUT2D eigenvalue weighted by molar-refractivity contribution is 5.85. The number of carboxylic acid groups (broad SMARTS) is 1. The monoisotopic (exact) mass is 430 g/mol. The fourth-order valence-corrected chi connectivity index (χ4v) is 3.05. The second-order valence-electron chi connectivity index (χ2n) is 7.63. The molecule has 1 aromatic rings. The second-order valence-corrected chi connectivity index (χ2v) is 7.63. The van der Waals surface area contributed by atoms with Gasteiger partial charge in [0.05, 0.1) is 18.8 Å². The first-order chi connectivity index (χ1) is 13.9. The van der Waals surface area contributed by atoms with Gasteiger partial charge in [0.25, 0.3) is 0 Å². The normalized spacial score (nSPS) is 21.5. The number of urea groups is 1. The van der Waals surface area contributed by atoms with E-state index in [1.54, 1.807) is 20.8 Å². The number of aromatic nitrogens is 1. The lowest BCUT2D eigenvalue weighted by Crippen LogP contribution is -2.47. The molecule has 3 heterocycles. The van der Waals surface area contributed by atoms with E-state index >= 15 is 0 Å². The molecule has 0 unspecified atom stereocenters. The Bertz CT molecular complexity index is 866. The molecule has 1 saturated heterocycles. The lowest BCUT2D eigenvalue weighted by Gasteiger charge is -2.29. The van der Waals surface area contributed by atoms with E-state index in [-0.39, 0.29) is 24.4 Å². The van der Waals surface area contributed by atoms with Gasteiger partial charge in [-0.3, -0.25) is 0 Å². The zero-order valence-corrected chi connectivity index (χ0v) is 16.3. The molecule has 2 N–H and O–H groups in total. The van der Waals surface area contributed by atoms with Gasteiger partial charge in [-0.2, -0.15) is 18.7 Å². The van der Waals surface area contributed by atoms with E-state index in [4.69, 9.17) is 14.3 Å². The molecule has 13 heteroatoms. The van der Waals surface area contributed by atoms with Crippen LogP contribution in [0.15, 0.2) is 23.1 Å². The van der Waals surface area contributed by atoms with E-state index in [0.717, 1.165) is 6.39 Å². The van der Waals surface area contributed by atoms with Crippen LogP contribution in [0.1, 0.15) is 26.5 Å². The number of nitrogens with one attached hydrogen (secondary N) is 1. The summed E-state index contributed by atoms with van der Waals surface area (Å²) in [5.74, 6) is -2.36. The Morgan fingerprint density at radius 2 is 2.10 bits per heavy atom. The number of fused-ring (bicyclic) bond motifs is 2. The largest absolute Gasteiger partial charge is 0.476 e. The first kappa shape index (κ1) is 21.5. The zero-order chi connectivity index (χ0) is 22.3. The molecule has 3 amide bonds. The molecule has 3 rings (SSSR count). The predicted molar refractivity (Wildman–Crippen MR) is 93.9 cm³/mol. The van der Waals surface area contributed by atoms with Crippen molar-refractivity contribution >= 4 is 23.7 Å². The first-order valence-electron chi connectivity index (χ1n) is 8.86. The molecule has 0 saturated carbocycles. The van der Waals surface area contributed by atoms with Crippen molar-refractivity contribution in [2.45, 2.75) is 44.6 Å². The van der Waals surface area contributed by atoms with E-state index in [9.17, 15) is 23.2 Å². The van der Waals surface area contributed by atoms with Crippen molar-refractivity contribution < 1.29 is 42.3 Å². The number of carbonyl (C=O) groups excluding carboxylic acids is 2. The molecule has 2 bridgehead atoms. The summed E-state index contributed by atoms with van der Waals surface area (Å²) in [6, 6.07) is -2.80. The SMILES string of the molecule is CC(C)(C)OC(=O)NC[C@H]1C=C(c2cnco2)[C@@H]2CN1C(=O)N2OC(F)(F)C(=O)O. The Balaban J connectivity index is 1.84. The maximum Gasteiger partial charge on any atom is 0.476 e. The molecule has 11 nitrogen and oxygen atoms in total. The highest BCUT2D eigenvalue weighted by atomic mass is 19.3. The number of rotatable bonds is 6. The number of hydrogen-bond donors (Lipinski definition) is 2. The van der Waals surface area contributed by atoms with Crippen LogP contribution in [0.3, 0.4) is 0 Å². The number of hydrogen-bond acceptors (Lipinski definition) is 7. The van der Waals surface area contributed by atoms with Crippen LogP contribution < -0.4 is 5.32 Å². The summed E-state index contributed by atoms with van der Waals surface area (Å²) >= 11 is 0. The maximum atomic E-state index is 13.6. The van der Waals surface area contributed by atoms with Crippen molar-refractivity contribution in [1.29, 1.82) is 0 Å². The van der Waals surface area contributed by atoms with Crippen LogP contribution in [0.5, 0.6) is 0 Å². The molecule has 0 spiro atoms. The predicted octanol–water partition coefficient (Wildman–Crippen LogP) is 1.68. The van der Waals surface area contributed by atoms with Crippen molar-refractivity contribution in [2.75, 3.05) is 13.1 Å². The summed E-state index contributed by atoms with van der Waals surface area (Å²) < 4.78 is 37.7. The van der Waals surface area contributed by atoms with Crippen LogP contribution in [-0.2, 0) is 14.4 Å². The van der Waals surface area contributed by atoms with E-state index < -0.39 is 41.9 Å². The third-order valence-electron chi connectivity index (χ3n) is 4.25. The van der Waals surface area contributed by atoms with E-state index in [0.29, 0.717) is 5.06 Å². The Labute approximate surface area is 169 Å². The van der Waals surface area contributed by atoms with Crippen LogP contribution in [0, 0.1) is 0 Å². The van der Waals surface area contributed by atoms with Gasteiger partial charge < -0.3 is 24.5 Å². The molecular weight excluding hydrogens is 410 g/mol. The number of halogens is 2. The smallest absolute Gasteiger partial charge is 0.475 e. The van der Waals surface area contributed by atoms with Crippen molar-refractivity contribution in [1.82, 2.24) is 20.3 Å². The number of nitrogens with zero attached hydrogens (tertiary/aromatic N) is 3. The topological polar surface area (TPSA) is 134 Å². The molecule has 0 aliphatic carbocycles. The van der Waals surface area contributed by atoms with Crippen LogP contribution >= 0.6 is 0 Å². The van der Waals surface area contributed by atoms with Gasteiger partial charge in [0.2, 0.25) is 0 Å². The standard InChI is InChI=1S/C17H20F2N4O7/c1-16(2,3)29-14(26)21-5-9-4-10(12-6-20-8-28-12)11-7-22(9)15(27)23(11)30-17(18,19)13(24)25/h4,6,8-9,11H,5,7H2,1-3H3,(H,21,26)(H,24,25)/t9-,11+/m1/s1. The van der Waals surface area contributed by atoms with Gasteiger partial charge >= 0.3 is 24.2 Å². The minimum atomic E-state index is -4.62. The highest BCUT2D eigenvalue weighted by Gasteiger charge is 2.53. The highest BCUT2D eigenvalue weighted by Crippen LogP contribution is 2.37. The Morgan fingerprint density at radius 1 is 1.40 bits per heavy atom. The van der Waals surface area contributed by atoms with E-state index in [1.807, 2.05) is 0 Å². The molecule has 2 atom stereocenters. The van der Waals surface area contributed by atoms with Gasteiger partial charge in [-0.1, -0.05) is 6.08 Å². The molecular formula is C17H20F2N4O7. The number of alkyl halides is 2. The van der Waals surface area contributed by atoms with Gasteiger partial charge in [-0.15, -0.1) is 0 Å².